The molecule has 3 rings (SSSR count). The predicted octanol–water partition coefficient (Wildman–Crippen LogP) is 4.81. The fourth-order valence-electron chi connectivity index (χ4n) is 1.87. The summed E-state index contributed by atoms with van der Waals surface area (Å²) in [5.74, 6) is 0.912. The van der Waals surface area contributed by atoms with Crippen LogP contribution < -0.4 is 0 Å². The number of hydrogen-bond donors (Lipinski definition) is 0. The van der Waals surface area contributed by atoms with Crippen LogP contribution in [0.25, 0.3) is 22.5 Å². The highest BCUT2D eigenvalue weighted by atomic mass is 79.9. The lowest BCUT2D eigenvalue weighted by molar-refractivity contribution is 0.540. The molecule has 0 radical (unpaired) electrons. The summed E-state index contributed by atoms with van der Waals surface area (Å²) in [5.41, 5.74) is 3.44. The van der Waals surface area contributed by atoms with Gasteiger partial charge in [0.1, 0.15) is 5.76 Å². The van der Waals surface area contributed by atoms with Gasteiger partial charge < -0.3 is 4.42 Å². The van der Waals surface area contributed by atoms with Gasteiger partial charge >= 0.3 is 0 Å². The lowest BCUT2D eigenvalue weighted by Gasteiger charge is -2.08. The van der Waals surface area contributed by atoms with Crippen LogP contribution in [0.3, 0.4) is 0 Å². The molecule has 0 amide bonds. The summed E-state index contributed by atoms with van der Waals surface area (Å²) in [7, 11) is 0. The minimum absolute atomic E-state index is 0.755. The third-order valence-electron chi connectivity index (χ3n) is 2.60. The van der Waals surface area contributed by atoms with Crippen LogP contribution in [0.4, 0.5) is 0 Å². The van der Waals surface area contributed by atoms with Crippen molar-refractivity contribution in [3.05, 3.63) is 59.3 Å². The first-order chi connectivity index (χ1) is 7.84. The molecule has 0 spiro atoms. The van der Waals surface area contributed by atoms with Gasteiger partial charge in [-0.15, -0.1) is 0 Å². The topological polar surface area (TPSA) is 13.1 Å². The van der Waals surface area contributed by atoms with Crippen molar-refractivity contribution in [2.45, 2.75) is 0 Å². The van der Waals surface area contributed by atoms with Gasteiger partial charge in [0.2, 0.25) is 0 Å². The molecule has 16 heavy (non-hydrogen) atoms. The second-order valence-electron chi connectivity index (χ2n) is 3.64. The number of rotatable bonds is 1. The molecule has 0 aromatic heterocycles. The van der Waals surface area contributed by atoms with Crippen molar-refractivity contribution in [2.75, 3.05) is 0 Å². The summed E-state index contributed by atoms with van der Waals surface area (Å²) in [4.78, 5) is 0. The molecule has 0 N–H and O–H groups in total. The van der Waals surface area contributed by atoms with Crippen LogP contribution in [0.15, 0.2) is 63.7 Å². The maximum atomic E-state index is 5.75. The van der Waals surface area contributed by atoms with Gasteiger partial charge in [-0.05, 0) is 27.6 Å². The Morgan fingerprint density at radius 1 is 0.812 bits per heavy atom. The Morgan fingerprint density at radius 2 is 1.56 bits per heavy atom. The first-order valence-electron chi connectivity index (χ1n) is 5.08. The smallest absolute Gasteiger partial charge is 0.170 e. The molecule has 2 aliphatic rings. The summed E-state index contributed by atoms with van der Waals surface area (Å²) in [5, 5.41) is 0. The largest absolute Gasteiger partial charge is 0.449 e. The van der Waals surface area contributed by atoms with Crippen LogP contribution in [-0.2, 0) is 0 Å². The van der Waals surface area contributed by atoms with Gasteiger partial charge in [-0.25, -0.2) is 0 Å². The average Bonchev–Trinajstić information content (AvgIpc) is 2.77. The summed E-state index contributed by atoms with van der Waals surface area (Å²) in [6, 6.07) is 18.3. The van der Waals surface area contributed by atoms with Gasteiger partial charge in [-0.3, -0.25) is 0 Å². The molecule has 0 saturated heterocycles. The van der Waals surface area contributed by atoms with Crippen molar-refractivity contribution in [1.29, 1.82) is 0 Å². The zero-order valence-electron chi connectivity index (χ0n) is 8.48. The number of fused-ring (bicyclic) bond motifs is 1. The van der Waals surface area contributed by atoms with E-state index in [2.05, 4.69) is 40.2 Å². The maximum Gasteiger partial charge on any atom is 0.170 e. The van der Waals surface area contributed by atoms with Crippen molar-refractivity contribution >= 4 is 15.9 Å². The first-order valence-corrected chi connectivity index (χ1v) is 5.87. The van der Waals surface area contributed by atoms with E-state index in [1.54, 1.807) is 0 Å². The monoisotopic (exact) mass is 272 g/mol. The molecular weight excluding hydrogens is 264 g/mol. The molecular formula is C14H9BrO. The molecule has 1 aliphatic heterocycles. The van der Waals surface area contributed by atoms with Crippen LogP contribution >= 0.6 is 15.9 Å². The van der Waals surface area contributed by atoms with Crippen LogP contribution in [0.1, 0.15) is 0 Å². The Balaban J connectivity index is 2.28. The summed E-state index contributed by atoms with van der Waals surface area (Å²) in [6.45, 7) is 0. The second kappa shape index (κ2) is 3.80. The molecule has 0 fully saturated rings. The molecule has 0 bridgehead atoms. The maximum absolute atomic E-state index is 5.75. The minimum atomic E-state index is 0.755. The van der Waals surface area contributed by atoms with E-state index < -0.39 is 0 Å². The molecule has 2 heteroatoms. The van der Waals surface area contributed by atoms with E-state index >= 15 is 0 Å². The van der Waals surface area contributed by atoms with E-state index in [-0.39, 0.29) is 0 Å². The normalized spacial score (nSPS) is 10.8. The Morgan fingerprint density at radius 3 is 2.38 bits per heavy atom. The minimum Gasteiger partial charge on any atom is -0.449 e. The van der Waals surface area contributed by atoms with Gasteiger partial charge in [0.15, 0.2) is 4.67 Å². The van der Waals surface area contributed by atoms with Crippen molar-refractivity contribution < 1.29 is 4.42 Å². The molecule has 1 aliphatic carbocycles. The van der Waals surface area contributed by atoms with E-state index in [4.69, 9.17) is 4.42 Å². The van der Waals surface area contributed by atoms with Crippen LogP contribution in [0, 0.1) is 0 Å². The predicted molar refractivity (Wildman–Crippen MR) is 68.5 cm³/mol. The lowest BCUT2D eigenvalue weighted by Crippen LogP contribution is -1.83. The van der Waals surface area contributed by atoms with E-state index in [0.717, 1.165) is 21.6 Å². The second-order valence-corrected chi connectivity index (χ2v) is 4.42. The van der Waals surface area contributed by atoms with Crippen LogP contribution in [0.2, 0.25) is 0 Å². The highest BCUT2D eigenvalue weighted by Crippen LogP contribution is 2.37. The number of halogens is 1. The van der Waals surface area contributed by atoms with Crippen molar-refractivity contribution in [1.82, 2.24) is 0 Å². The summed E-state index contributed by atoms with van der Waals surface area (Å²) in [6.07, 6.45) is 0. The Kier molecular flexibility index (Phi) is 2.29. The third-order valence-corrected chi connectivity index (χ3v) is 2.99. The highest BCUT2D eigenvalue weighted by molar-refractivity contribution is 9.10. The van der Waals surface area contributed by atoms with Gasteiger partial charge in [0.25, 0.3) is 0 Å². The summed E-state index contributed by atoms with van der Waals surface area (Å²) < 4.78 is 6.51. The quantitative estimate of drug-likeness (QED) is 0.619. The Labute approximate surface area is 102 Å². The summed E-state index contributed by atoms with van der Waals surface area (Å²) >= 11 is 3.40. The molecule has 1 heterocycles. The number of hydrogen-bond acceptors (Lipinski definition) is 1. The van der Waals surface area contributed by atoms with E-state index in [1.165, 1.54) is 5.56 Å². The Hall–Kier alpha value is -1.54. The molecule has 0 unspecified atom stereocenters. The van der Waals surface area contributed by atoms with E-state index in [0.29, 0.717) is 0 Å². The molecule has 78 valence electrons. The van der Waals surface area contributed by atoms with Gasteiger partial charge in [-0.1, -0.05) is 48.5 Å². The average molecular weight is 273 g/mol. The molecule has 0 saturated carbocycles. The van der Waals surface area contributed by atoms with Gasteiger partial charge in [-0.2, -0.15) is 0 Å². The van der Waals surface area contributed by atoms with E-state index in [1.807, 2.05) is 30.3 Å². The van der Waals surface area contributed by atoms with Crippen LogP contribution in [0.5, 0.6) is 0 Å². The number of benzene rings is 1. The van der Waals surface area contributed by atoms with Crippen LogP contribution in [-0.4, -0.2) is 0 Å². The molecule has 1 aromatic rings. The zero-order valence-corrected chi connectivity index (χ0v) is 10.1. The van der Waals surface area contributed by atoms with Crippen molar-refractivity contribution in [3.8, 4) is 22.5 Å². The van der Waals surface area contributed by atoms with Crippen molar-refractivity contribution in [2.24, 2.45) is 0 Å². The van der Waals surface area contributed by atoms with Crippen molar-refractivity contribution in [3.63, 3.8) is 0 Å². The molecule has 1 nitrogen and oxygen atoms in total. The fraction of sp³-hybridized carbons (Fsp3) is 0. The molecule has 1 aromatic carbocycles. The first kappa shape index (κ1) is 9.67. The lowest BCUT2D eigenvalue weighted by atomic mass is 10.0. The molecule has 0 atom stereocenters. The highest BCUT2D eigenvalue weighted by Gasteiger charge is 2.13. The third kappa shape index (κ3) is 1.55. The van der Waals surface area contributed by atoms with E-state index in [9.17, 15) is 0 Å². The SMILES string of the molecule is Brc1cc2cccc-2c(-c2ccccc2)o1. The Bertz CT molecular complexity index is 583. The van der Waals surface area contributed by atoms with Gasteiger partial charge in [0, 0.05) is 11.1 Å². The van der Waals surface area contributed by atoms with Gasteiger partial charge in [0.05, 0.1) is 0 Å². The standard InChI is InChI=1S/C14H9BrO/c15-13-9-11-7-4-8-12(11)14(16-13)10-5-2-1-3-6-10/h1-9H. The zero-order chi connectivity index (χ0) is 11.0. The fourth-order valence-corrected chi connectivity index (χ4v) is 2.28.